The van der Waals surface area contributed by atoms with Crippen molar-refractivity contribution in [2.45, 2.75) is 6.42 Å². The van der Waals surface area contributed by atoms with Gasteiger partial charge in [-0.3, -0.25) is 9.69 Å². The van der Waals surface area contributed by atoms with E-state index in [1.807, 2.05) is 17.0 Å². The average Bonchev–Trinajstić information content (AvgIpc) is 2.61. The zero-order valence-corrected chi connectivity index (χ0v) is 14.5. The molecule has 0 aromatic heterocycles. The van der Waals surface area contributed by atoms with Crippen molar-refractivity contribution in [1.29, 1.82) is 0 Å². The normalized spacial score (nSPS) is 20.4. The highest BCUT2D eigenvalue weighted by Crippen LogP contribution is 2.20. The highest BCUT2D eigenvalue weighted by Gasteiger charge is 2.22. The van der Waals surface area contributed by atoms with Gasteiger partial charge in [0, 0.05) is 65.3 Å². The van der Waals surface area contributed by atoms with Crippen molar-refractivity contribution in [2.75, 3.05) is 70.9 Å². The van der Waals surface area contributed by atoms with Crippen molar-refractivity contribution >= 4 is 11.6 Å². The lowest BCUT2D eigenvalue weighted by molar-refractivity contribution is -0.133. The number of carbonyl (C=O) groups excluding carboxylic acids is 1. The molecule has 2 fully saturated rings. The van der Waals surface area contributed by atoms with Crippen LogP contribution in [0.5, 0.6) is 0 Å². The van der Waals surface area contributed by atoms with E-state index in [1.54, 1.807) is 6.07 Å². The Hall–Kier alpha value is -1.66. The standard InChI is InChI=1S/C18H27FN4O/c1-20-8-12-23(13-9-20)18(24)6-7-21-10-14-22(15-11-21)17-5-3-2-4-16(17)19/h2-5H,6-15H2,1H3. The van der Waals surface area contributed by atoms with Crippen LogP contribution in [0.4, 0.5) is 10.1 Å². The molecule has 0 unspecified atom stereocenters. The molecule has 0 saturated carbocycles. The number of nitrogens with zero attached hydrogens (tertiary/aromatic N) is 4. The van der Waals surface area contributed by atoms with Crippen molar-refractivity contribution in [3.8, 4) is 0 Å². The number of rotatable bonds is 4. The van der Waals surface area contributed by atoms with E-state index in [0.717, 1.165) is 58.9 Å². The predicted molar refractivity (Wildman–Crippen MR) is 93.7 cm³/mol. The number of hydrogen-bond donors (Lipinski definition) is 0. The van der Waals surface area contributed by atoms with Gasteiger partial charge in [0.15, 0.2) is 0 Å². The zero-order chi connectivity index (χ0) is 16.9. The minimum atomic E-state index is -0.156. The lowest BCUT2D eigenvalue weighted by Crippen LogP contribution is -2.49. The lowest BCUT2D eigenvalue weighted by Gasteiger charge is -2.37. The fourth-order valence-corrected chi connectivity index (χ4v) is 3.39. The topological polar surface area (TPSA) is 30.0 Å². The van der Waals surface area contributed by atoms with Gasteiger partial charge in [-0.1, -0.05) is 12.1 Å². The molecule has 0 spiro atoms. The number of likely N-dealkylation sites (N-methyl/N-ethyl adjacent to an activating group) is 1. The van der Waals surface area contributed by atoms with Crippen LogP contribution in [0.15, 0.2) is 24.3 Å². The van der Waals surface area contributed by atoms with Crippen LogP contribution >= 0.6 is 0 Å². The number of hydrogen-bond acceptors (Lipinski definition) is 4. The molecule has 0 bridgehead atoms. The molecule has 0 atom stereocenters. The Balaban J connectivity index is 1.41. The molecule has 2 heterocycles. The Labute approximate surface area is 143 Å². The second-order valence-electron chi connectivity index (χ2n) is 6.71. The van der Waals surface area contributed by atoms with E-state index in [1.165, 1.54) is 6.07 Å². The first kappa shape index (κ1) is 17.2. The number of anilines is 1. The molecule has 1 aromatic rings. The summed E-state index contributed by atoms with van der Waals surface area (Å²) >= 11 is 0. The smallest absolute Gasteiger partial charge is 0.223 e. The predicted octanol–water partition coefficient (Wildman–Crippen LogP) is 1.11. The van der Waals surface area contributed by atoms with Gasteiger partial charge in [-0.15, -0.1) is 0 Å². The van der Waals surface area contributed by atoms with E-state index in [-0.39, 0.29) is 11.7 Å². The van der Waals surface area contributed by atoms with Crippen molar-refractivity contribution < 1.29 is 9.18 Å². The molecule has 1 aromatic carbocycles. The van der Waals surface area contributed by atoms with Gasteiger partial charge < -0.3 is 14.7 Å². The summed E-state index contributed by atoms with van der Waals surface area (Å²) in [4.78, 5) is 20.9. The molecule has 2 saturated heterocycles. The summed E-state index contributed by atoms with van der Waals surface area (Å²) in [6, 6.07) is 6.94. The quantitative estimate of drug-likeness (QED) is 0.825. The van der Waals surface area contributed by atoms with Crippen LogP contribution in [0.2, 0.25) is 0 Å². The van der Waals surface area contributed by atoms with Gasteiger partial charge >= 0.3 is 0 Å². The van der Waals surface area contributed by atoms with Gasteiger partial charge in [0.1, 0.15) is 5.82 Å². The highest BCUT2D eigenvalue weighted by atomic mass is 19.1. The Kier molecular flexibility index (Phi) is 5.68. The fraction of sp³-hybridized carbons (Fsp3) is 0.611. The molecule has 5 nitrogen and oxygen atoms in total. The third-order valence-corrected chi connectivity index (χ3v) is 5.06. The van der Waals surface area contributed by atoms with Gasteiger partial charge in [-0.2, -0.15) is 0 Å². The minimum absolute atomic E-state index is 0.156. The maximum absolute atomic E-state index is 13.8. The molecular formula is C18H27FN4O. The minimum Gasteiger partial charge on any atom is -0.367 e. The van der Waals surface area contributed by atoms with Crippen LogP contribution in [-0.4, -0.2) is 86.6 Å². The Morgan fingerprint density at radius 2 is 1.67 bits per heavy atom. The van der Waals surface area contributed by atoms with E-state index in [9.17, 15) is 9.18 Å². The van der Waals surface area contributed by atoms with E-state index in [4.69, 9.17) is 0 Å². The van der Waals surface area contributed by atoms with E-state index < -0.39 is 0 Å². The summed E-state index contributed by atoms with van der Waals surface area (Å²) in [7, 11) is 2.09. The van der Waals surface area contributed by atoms with Gasteiger partial charge in [-0.25, -0.2) is 4.39 Å². The highest BCUT2D eigenvalue weighted by molar-refractivity contribution is 5.76. The molecule has 1 amide bonds. The maximum Gasteiger partial charge on any atom is 0.223 e. The Morgan fingerprint density at radius 3 is 2.33 bits per heavy atom. The molecule has 132 valence electrons. The van der Waals surface area contributed by atoms with Crippen LogP contribution in [0.25, 0.3) is 0 Å². The molecular weight excluding hydrogens is 307 g/mol. The summed E-state index contributed by atoms with van der Waals surface area (Å²) < 4.78 is 13.8. The van der Waals surface area contributed by atoms with E-state index >= 15 is 0 Å². The molecule has 0 aliphatic carbocycles. The zero-order valence-electron chi connectivity index (χ0n) is 14.5. The maximum atomic E-state index is 13.8. The fourth-order valence-electron chi connectivity index (χ4n) is 3.39. The molecule has 2 aliphatic heterocycles. The summed E-state index contributed by atoms with van der Waals surface area (Å²) in [6.07, 6.45) is 0.587. The third kappa shape index (κ3) is 4.24. The van der Waals surface area contributed by atoms with Gasteiger partial charge in [0.2, 0.25) is 5.91 Å². The SMILES string of the molecule is CN1CCN(C(=O)CCN2CCN(c3ccccc3F)CC2)CC1. The number of para-hydroxylation sites is 1. The van der Waals surface area contributed by atoms with Crippen LogP contribution in [-0.2, 0) is 4.79 Å². The molecule has 2 aliphatic rings. The van der Waals surface area contributed by atoms with Crippen LogP contribution in [0.3, 0.4) is 0 Å². The first-order chi connectivity index (χ1) is 11.6. The second kappa shape index (κ2) is 7.94. The van der Waals surface area contributed by atoms with Crippen molar-refractivity contribution in [3.63, 3.8) is 0 Å². The summed E-state index contributed by atoms with van der Waals surface area (Å²) in [5, 5.41) is 0. The van der Waals surface area contributed by atoms with Crippen molar-refractivity contribution in [2.24, 2.45) is 0 Å². The number of piperazine rings is 2. The van der Waals surface area contributed by atoms with Crippen LogP contribution < -0.4 is 4.90 Å². The number of carbonyl (C=O) groups is 1. The average molecular weight is 334 g/mol. The Morgan fingerprint density at radius 1 is 1.00 bits per heavy atom. The monoisotopic (exact) mass is 334 g/mol. The number of benzene rings is 1. The van der Waals surface area contributed by atoms with Crippen molar-refractivity contribution in [3.05, 3.63) is 30.1 Å². The van der Waals surface area contributed by atoms with Gasteiger partial charge in [-0.05, 0) is 19.2 Å². The van der Waals surface area contributed by atoms with E-state index in [2.05, 4.69) is 21.7 Å². The lowest BCUT2D eigenvalue weighted by atomic mass is 10.2. The summed E-state index contributed by atoms with van der Waals surface area (Å²) in [5.41, 5.74) is 0.686. The molecule has 0 N–H and O–H groups in total. The number of amides is 1. The van der Waals surface area contributed by atoms with Crippen LogP contribution in [0.1, 0.15) is 6.42 Å². The molecule has 6 heteroatoms. The number of halogens is 1. The second-order valence-corrected chi connectivity index (χ2v) is 6.71. The summed E-state index contributed by atoms with van der Waals surface area (Å²) in [5.74, 6) is 0.107. The van der Waals surface area contributed by atoms with Gasteiger partial charge in [0.25, 0.3) is 0 Å². The van der Waals surface area contributed by atoms with Crippen LogP contribution in [0, 0.1) is 5.82 Å². The first-order valence-electron chi connectivity index (χ1n) is 8.81. The summed E-state index contributed by atoms with van der Waals surface area (Å²) in [6.45, 7) is 7.80. The van der Waals surface area contributed by atoms with Gasteiger partial charge in [0.05, 0.1) is 5.69 Å². The largest absolute Gasteiger partial charge is 0.367 e. The van der Waals surface area contributed by atoms with Crippen molar-refractivity contribution in [1.82, 2.24) is 14.7 Å². The molecule has 3 rings (SSSR count). The Bertz CT molecular complexity index is 552. The first-order valence-corrected chi connectivity index (χ1v) is 8.81. The third-order valence-electron chi connectivity index (χ3n) is 5.06. The molecule has 0 radical (unpaired) electrons. The molecule has 24 heavy (non-hydrogen) atoms. The van der Waals surface area contributed by atoms with E-state index in [0.29, 0.717) is 12.1 Å².